The molecule has 2 aliphatic rings. The van der Waals surface area contributed by atoms with E-state index in [0.717, 1.165) is 24.1 Å². The van der Waals surface area contributed by atoms with Crippen LogP contribution in [0.15, 0.2) is 28.8 Å². The normalized spacial score (nSPS) is 17.7. The van der Waals surface area contributed by atoms with Gasteiger partial charge in [0.1, 0.15) is 0 Å². The number of nitrogens with one attached hydrogen (secondary N) is 1. The molecular weight excluding hydrogens is 360 g/mol. The number of rotatable bonds is 3. The maximum absolute atomic E-state index is 12.1. The molecule has 0 spiro atoms. The number of urea groups is 2. The number of benzene rings is 1. The van der Waals surface area contributed by atoms with Crippen molar-refractivity contribution in [3.63, 3.8) is 0 Å². The van der Waals surface area contributed by atoms with Crippen molar-refractivity contribution in [3.05, 3.63) is 30.2 Å². The summed E-state index contributed by atoms with van der Waals surface area (Å²) >= 11 is 0. The first-order valence-corrected chi connectivity index (χ1v) is 9.48. The monoisotopic (exact) mass is 384 g/mol. The molecule has 9 heteroatoms. The summed E-state index contributed by atoms with van der Waals surface area (Å²) in [5.74, 6) is 1.28. The predicted molar refractivity (Wildman–Crippen MR) is 103 cm³/mol. The van der Waals surface area contributed by atoms with Gasteiger partial charge in [0.25, 0.3) is 0 Å². The van der Waals surface area contributed by atoms with Crippen LogP contribution >= 0.6 is 0 Å². The average Bonchev–Trinajstić information content (AvgIpc) is 3.37. The van der Waals surface area contributed by atoms with Crippen LogP contribution in [0.3, 0.4) is 0 Å². The van der Waals surface area contributed by atoms with E-state index in [-0.39, 0.29) is 18.0 Å². The molecule has 1 aromatic carbocycles. The van der Waals surface area contributed by atoms with E-state index >= 15 is 0 Å². The lowest BCUT2D eigenvalue weighted by Gasteiger charge is -2.32. The topological polar surface area (TPSA) is 94.8 Å². The quantitative estimate of drug-likeness (QED) is 0.875. The van der Waals surface area contributed by atoms with Crippen molar-refractivity contribution in [3.8, 4) is 11.4 Å². The van der Waals surface area contributed by atoms with Crippen molar-refractivity contribution in [2.45, 2.75) is 18.8 Å². The van der Waals surface area contributed by atoms with Crippen LogP contribution in [0.4, 0.5) is 15.3 Å². The molecule has 0 aliphatic carbocycles. The van der Waals surface area contributed by atoms with Crippen molar-refractivity contribution in [1.82, 2.24) is 25.3 Å². The van der Waals surface area contributed by atoms with E-state index in [9.17, 15) is 9.59 Å². The molecule has 0 bridgehead atoms. The number of likely N-dealkylation sites (tertiary alicyclic amines) is 1. The van der Waals surface area contributed by atoms with E-state index in [0.29, 0.717) is 37.9 Å². The Hall–Kier alpha value is -3.10. The highest BCUT2D eigenvalue weighted by molar-refractivity contribution is 5.94. The van der Waals surface area contributed by atoms with Crippen molar-refractivity contribution in [2.24, 2.45) is 0 Å². The molecule has 0 atom stereocenters. The standard InChI is InChI=1S/C19H24N6O3/c1-23(2)19(27)24-9-6-13(7-10-24)17-21-16(22-28-17)14-4-3-5-15(12-14)25-11-8-20-18(25)26/h3-5,12-13H,6-11H2,1-2H3,(H,20,26). The van der Waals surface area contributed by atoms with E-state index in [1.54, 1.807) is 23.9 Å². The maximum atomic E-state index is 12.1. The molecular formula is C19H24N6O3. The van der Waals surface area contributed by atoms with Crippen LogP contribution in [0, 0.1) is 0 Å². The van der Waals surface area contributed by atoms with Crippen LogP contribution in [-0.2, 0) is 0 Å². The molecule has 4 rings (SSSR count). The van der Waals surface area contributed by atoms with Crippen molar-refractivity contribution in [2.75, 3.05) is 45.2 Å². The van der Waals surface area contributed by atoms with Crippen molar-refractivity contribution < 1.29 is 14.1 Å². The first-order chi connectivity index (χ1) is 13.5. The van der Waals surface area contributed by atoms with E-state index < -0.39 is 0 Å². The molecule has 0 radical (unpaired) electrons. The van der Waals surface area contributed by atoms with E-state index in [1.165, 1.54) is 0 Å². The number of aromatic nitrogens is 2. The zero-order valence-corrected chi connectivity index (χ0v) is 16.1. The van der Waals surface area contributed by atoms with Gasteiger partial charge in [-0.2, -0.15) is 4.98 Å². The summed E-state index contributed by atoms with van der Waals surface area (Å²) in [6, 6.07) is 7.53. The molecule has 0 unspecified atom stereocenters. The molecule has 1 N–H and O–H groups in total. The molecule has 148 valence electrons. The summed E-state index contributed by atoms with van der Waals surface area (Å²) < 4.78 is 5.52. The van der Waals surface area contributed by atoms with Crippen molar-refractivity contribution >= 4 is 17.7 Å². The van der Waals surface area contributed by atoms with Gasteiger partial charge in [-0.25, -0.2) is 9.59 Å². The smallest absolute Gasteiger partial charge is 0.321 e. The largest absolute Gasteiger partial charge is 0.339 e. The molecule has 4 amide bonds. The summed E-state index contributed by atoms with van der Waals surface area (Å²) in [5, 5.41) is 6.94. The van der Waals surface area contributed by atoms with Crippen LogP contribution in [0.5, 0.6) is 0 Å². The Balaban J connectivity index is 1.45. The number of anilines is 1. The molecule has 9 nitrogen and oxygen atoms in total. The molecule has 2 saturated heterocycles. The third kappa shape index (κ3) is 3.51. The zero-order valence-electron chi connectivity index (χ0n) is 16.1. The molecule has 2 aliphatic heterocycles. The van der Waals surface area contributed by atoms with Gasteiger partial charge in [-0.15, -0.1) is 0 Å². The fraction of sp³-hybridized carbons (Fsp3) is 0.474. The third-order valence-corrected chi connectivity index (χ3v) is 5.21. The van der Waals surface area contributed by atoms with Crippen LogP contribution in [0.25, 0.3) is 11.4 Å². The van der Waals surface area contributed by atoms with Gasteiger partial charge in [0.15, 0.2) is 0 Å². The third-order valence-electron chi connectivity index (χ3n) is 5.21. The maximum Gasteiger partial charge on any atom is 0.321 e. The number of carbonyl (C=O) groups is 2. The summed E-state index contributed by atoms with van der Waals surface area (Å²) in [4.78, 5) is 33.7. The second kappa shape index (κ2) is 7.49. The van der Waals surface area contributed by atoms with Gasteiger partial charge < -0.3 is 19.6 Å². The summed E-state index contributed by atoms with van der Waals surface area (Å²) in [5.41, 5.74) is 1.63. The molecule has 0 saturated carbocycles. The molecule has 2 aromatic rings. The second-order valence-corrected chi connectivity index (χ2v) is 7.33. The SMILES string of the molecule is CN(C)C(=O)N1CCC(c2nc(-c3cccc(N4CCNC4=O)c3)no2)CC1. The Bertz CT molecular complexity index is 872. The van der Waals surface area contributed by atoms with Crippen LogP contribution < -0.4 is 10.2 Å². The number of amides is 4. The summed E-state index contributed by atoms with van der Waals surface area (Å²) in [7, 11) is 3.52. The minimum Gasteiger partial charge on any atom is -0.339 e. The lowest BCUT2D eigenvalue weighted by atomic mass is 9.97. The van der Waals surface area contributed by atoms with Gasteiger partial charge >= 0.3 is 12.1 Å². The number of hydrogen-bond acceptors (Lipinski definition) is 5. The Labute approximate surface area is 163 Å². The van der Waals surface area contributed by atoms with Gasteiger partial charge in [0.2, 0.25) is 11.7 Å². The fourth-order valence-electron chi connectivity index (χ4n) is 3.65. The Morgan fingerprint density at radius 3 is 2.71 bits per heavy atom. The second-order valence-electron chi connectivity index (χ2n) is 7.33. The highest BCUT2D eigenvalue weighted by atomic mass is 16.5. The average molecular weight is 384 g/mol. The fourth-order valence-corrected chi connectivity index (χ4v) is 3.65. The van der Waals surface area contributed by atoms with Crippen LogP contribution in [-0.4, -0.2) is 72.3 Å². The summed E-state index contributed by atoms with van der Waals surface area (Å²) in [6.45, 7) is 2.65. The summed E-state index contributed by atoms with van der Waals surface area (Å²) in [6.07, 6.45) is 1.60. The van der Waals surface area contributed by atoms with Crippen LogP contribution in [0.1, 0.15) is 24.7 Å². The van der Waals surface area contributed by atoms with Crippen LogP contribution in [0.2, 0.25) is 0 Å². The lowest BCUT2D eigenvalue weighted by molar-refractivity contribution is 0.152. The van der Waals surface area contributed by atoms with Gasteiger partial charge in [0.05, 0.1) is 0 Å². The minimum absolute atomic E-state index is 0.0347. The highest BCUT2D eigenvalue weighted by Gasteiger charge is 2.28. The Morgan fingerprint density at radius 1 is 1.25 bits per heavy atom. The number of hydrogen-bond donors (Lipinski definition) is 1. The first-order valence-electron chi connectivity index (χ1n) is 9.48. The Morgan fingerprint density at radius 2 is 2.04 bits per heavy atom. The number of piperidine rings is 1. The molecule has 2 fully saturated rings. The van der Waals surface area contributed by atoms with E-state index in [2.05, 4.69) is 15.5 Å². The van der Waals surface area contributed by atoms with Gasteiger partial charge in [-0.05, 0) is 25.0 Å². The van der Waals surface area contributed by atoms with Gasteiger partial charge in [-0.3, -0.25) is 4.90 Å². The highest BCUT2D eigenvalue weighted by Crippen LogP contribution is 2.30. The van der Waals surface area contributed by atoms with Crippen molar-refractivity contribution in [1.29, 1.82) is 0 Å². The Kier molecular flexibility index (Phi) is 4.89. The lowest BCUT2D eigenvalue weighted by Crippen LogP contribution is -2.43. The van der Waals surface area contributed by atoms with Gasteiger partial charge in [0, 0.05) is 57.4 Å². The van der Waals surface area contributed by atoms with E-state index in [4.69, 9.17) is 4.52 Å². The molecule has 3 heterocycles. The van der Waals surface area contributed by atoms with Gasteiger partial charge in [-0.1, -0.05) is 17.3 Å². The first kappa shape index (κ1) is 18.3. The zero-order chi connectivity index (χ0) is 19.7. The number of nitrogens with zero attached hydrogens (tertiary/aromatic N) is 5. The molecule has 28 heavy (non-hydrogen) atoms. The van der Waals surface area contributed by atoms with E-state index in [1.807, 2.05) is 29.2 Å². The molecule has 1 aromatic heterocycles. The minimum atomic E-state index is -0.0926. The predicted octanol–water partition coefficient (Wildman–Crippen LogP) is 2.13. The number of carbonyl (C=O) groups excluding carboxylic acids is 2.